The molecule has 0 fully saturated rings. The van der Waals surface area contributed by atoms with Gasteiger partial charge in [0.15, 0.2) is 0 Å². The number of hydrogen-bond acceptors (Lipinski definition) is 2. The molecule has 1 atom stereocenters. The lowest BCUT2D eigenvalue weighted by molar-refractivity contribution is 0.232. The summed E-state index contributed by atoms with van der Waals surface area (Å²) in [7, 11) is 0. The van der Waals surface area contributed by atoms with Gasteiger partial charge in [-0.3, -0.25) is 4.68 Å². The van der Waals surface area contributed by atoms with Gasteiger partial charge in [0.2, 0.25) is 0 Å². The van der Waals surface area contributed by atoms with Crippen molar-refractivity contribution in [1.82, 2.24) is 9.78 Å². The van der Waals surface area contributed by atoms with Crippen LogP contribution in [0.1, 0.15) is 32.9 Å². The van der Waals surface area contributed by atoms with Crippen LogP contribution in [0.4, 0.5) is 0 Å². The summed E-state index contributed by atoms with van der Waals surface area (Å²) in [5.41, 5.74) is 2.02. The highest BCUT2D eigenvalue weighted by Gasteiger charge is 2.02. The van der Waals surface area contributed by atoms with Crippen molar-refractivity contribution in [2.24, 2.45) is 0 Å². The number of aryl methyl sites for hydroxylation is 1. The van der Waals surface area contributed by atoms with Crippen LogP contribution < -0.4 is 0 Å². The Kier molecular flexibility index (Phi) is 3.89. The maximum atomic E-state index is 9.34. The molecule has 1 N–H and O–H groups in total. The number of aliphatic hydroxyl groups is 1. The first-order valence-corrected chi connectivity index (χ1v) is 5.03. The van der Waals surface area contributed by atoms with Crippen LogP contribution in [0.5, 0.6) is 0 Å². The van der Waals surface area contributed by atoms with E-state index in [0.29, 0.717) is 0 Å². The fraction of sp³-hybridized carbons (Fsp3) is 0.545. The van der Waals surface area contributed by atoms with Crippen LogP contribution in [0.25, 0.3) is 6.08 Å². The second kappa shape index (κ2) is 4.96. The molecule has 14 heavy (non-hydrogen) atoms. The van der Waals surface area contributed by atoms with E-state index in [4.69, 9.17) is 0 Å². The predicted molar refractivity (Wildman–Crippen MR) is 57.8 cm³/mol. The van der Waals surface area contributed by atoms with Crippen LogP contribution in [0.3, 0.4) is 0 Å². The van der Waals surface area contributed by atoms with E-state index in [2.05, 4.69) is 12.0 Å². The van der Waals surface area contributed by atoms with Crippen LogP contribution in [0.15, 0.2) is 17.8 Å². The van der Waals surface area contributed by atoms with Crippen molar-refractivity contribution < 1.29 is 5.11 Å². The molecule has 0 radical (unpaired) electrons. The first kappa shape index (κ1) is 11.0. The summed E-state index contributed by atoms with van der Waals surface area (Å²) >= 11 is 0. The van der Waals surface area contributed by atoms with Gasteiger partial charge >= 0.3 is 0 Å². The van der Waals surface area contributed by atoms with E-state index < -0.39 is 0 Å². The summed E-state index contributed by atoms with van der Waals surface area (Å²) in [6.07, 6.45) is 4.44. The molecule has 0 amide bonds. The average molecular weight is 194 g/mol. The molecular weight excluding hydrogens is 176 g/mol. The highest BCUT2D eigenvalue weighted by Crippen LogP contribution is 2.09. The van der Waals surface area contributed by atoms with Gasteiger partial charge in [-0.05, 0) is 38.0 Å². The Bertz CT molecular complexity index is 313. The molecule has 0 bridgehead atoms. The van der Waals surface area contributed by atoms with Crippen molar-refractivity contribution >= 4 is 6.08 Å². The Hall–Kier alpha value is -1.09. The van der Waals surface area contributed by atoms with Gasteiger partial charge in [-0.25, -0.2) is 0 Å². The number of aliphatic hydroxyl groups excluding tert-OH is 1. The van der Waals surface area contributed by atoms with Crippen LogP contribution in [-0.4, -0.2) is 21.0 Å². The minimum absolute atomic E-state index is 0.389. The second-order valence-corrected chi connectivity index (χ2v) is 3.54. The predicted octanol–water partition coefficient (Wildman–Crippen LogP) is 2.08. The number of hydrogen-bond donors (Lipinski definition) is 1. The highest BCUT2D eigenvalue weighted by molar-refractivity contribution is 5.49. The molecule has 1 aromatic heterocycles. The molecule has 0 saturated heterocycles. The third kappa shape index (κ3) is 2.70. The number of aromatic nitrogens is 2. The van der Waals surface area contributed by atoms with Gasteiger partial charge in [0.05, 0.1) is 11.8 Å². The monoisotopic (exact) mass is 194 g/mol. The summed E-state index contributed by atoms with van der Waals surface area (Å²) in [4.78, 5) is 0. The molecule has 1 aromatic rings. The topological polar surface area (TPSA) is 38.0 Å². The standard InChI is InChI=1S/C11H18N2O/c1-4-7-13-11(5-6-12-13)8-9(2)10(3)14/h5-6,8,10,14H,4,7H2,1-3H3/b9-8-. The third-order valence-corrected chi connectivity index (χ3v) is 2.22. The van der Waals surface area contributed by atoms with Crippen LogP contribution in [0, 0.1) is 0 Å². The molecule has 1 heterocycles. The summed E-state index contributed by atoms with van der Waals surface area (Å²) in [5, 5.41) is 13.6. The molecule has 3 heteroatoms. The molecule has 1 rings (SSSR count). The smallest absolute Gasteiger partial charge is 0.0723 e. The van der Waals surface area contributed by atoms with Crippen LogP contribution in [0.2, 0.25) is 0 Å². The van der Waals surface area contributed by atoms with Gasteiger partial charge in [0, 0.05) is 12.7 Å². The zero-order valence-corrected chi connectivity index (χ0v) is 9.07. The van der Waals surface area contributed by atoms with Crippen molar-refractivity contribution in [3.8, 4) is 0 Å². The molecule has 3 nitrogen and oxygen atoms in total. The molecular formula is C11H18N2O. The van der Waals surface area contributed by atoms with E-state index >= 15 is 0 Å². The zero-order chi connectivity index (χ0) is 10.6. The molecule has 0 spiro atoms. The first-order valence-electron chi connectivity index (χ1n) is 5.03. The van der Waals surface area contributed by atoms with Crippen molar-refractivity contribution in [3.63, 3.8) is 0 Å². The summed E-state index contributed by atoms with van der Waals surface area (Å²) in [6.45, 7) is 6.74. The van der Waals surface area contributed by atoms with Crippen molar-refractivity contribution in [3.05, 3.63) is 23.5 Å². The maximum absolute atomic E-state index is 9.34. The Morgan fingerprint density at radius 1 is 1.71 bits per heavy atom. The van der Waals surface area contributed by atoms with E-state index in [9.17, 15) is 5.11 Å². The van der Waals surface area contributed by atoms with Gasteiger partial charge in [0.1, 0.15) is 0 Å². The van der Waals surface area contributed by atoms with Gasteiger partial charge in [-0.1, -0.05) is 6.92 Å². The second-order valence-electron chi connectivity index (χ2n) is 3.54. The quantitative estimate of drug-likeness (QED) is 0.797. The Balaban J connectivity index is 2.85. The maximum Gasteiger partial charge on any atom is 0.0723 e. The van der Waals surface area contributed by atoms with E-state index in [1.54, 1.807) is 13.1 Å². The van der Waals surface area contributed by atoms with Crippen molar-refractivity contribution in [2.75, 3.05) is 0 Å². The zero-order valence-electron chi connectivity index (χ0n) is 9.07. The molecule has 0 aliphatic heterocycles. The highest BCUT2D eigenvalue weighted by atomic mass is 16.3. The minimum Gasteiger partial charge on any atom is -0.389 e. The number of rotatable bonds is 4. The molecule has 0 aliphatic carbocycles. The lowest BCUT2D eigenvalue weighted by atomic mass is 10.1. The van der Waals surface area contributed by atoms with Crippen LogP contribution >= 0.6 is 0 Å². The Morgan fingerprint density at radius 3 is 3.00 bits per heavy atom. The average Bonchev–Trinajstić information content (AvgIpc) is 2.53. The largest absolute Gasteiger partial charge is 0.389 e. The van der Waals surface area contributed by atoms with E-state index in [0.717, 1.165) is 24.2 Å². The molecule has 0 aromatic carbocycles. The fourth-order valence-electron chi connectivity index (χ4n) is 1.22. The lowest BCUT2D eigenvalue weighted by Crippen LogP contribution is -2.04. The SMILES string of the molecule is CCCn1nccc1/C=C(/C)C(C)O. The van der Waals surface area contributed by atoms with E-state index in [-0.39, 0.29) is 6.10 Å². The van der Waals surface area contributed by atoms with Gasteiger partial charge in [-0.2, -0.15) is 5.10 Å². The van der Waals surface area contributed by atoms with E-state index in [1.807, 2.05) is 23.7 Å². The third-order valence-electron chi connectivity index (χ3n) is 2.22. The van der Waals surface area contributed by atoms with E-state index in [1.165, 1.54) is 0 Å². The summed E-state index contributed by atoms with van der Waals surface area (Å²) in [5.74, 6) is 0. The minimum atomic E-state index is -0.389. The van der Waals surface area contributed by atoms with Gasteiger partial charge in [0.25, 0.3) is 0 Å². The molecule has 0 saturated carbocycles. The normalized spacial score (nSPS) is 14.4. The fourth-order valence-corrected chi connectivity index (χ4v) is 1.22. The summed E-state index contributed by atoms with van der Waals surface area (Å²) in [6, 6.07) is 1.96. The lowest BCUT2D eigenvalue weighted by Gasteiger charge is -2.06. The van der Waals surface area contributed by atoms with Gasteiger partial charge < -0.3 is 5.11 Å². The van der Waals surface area contributed by atoms with Crippen molar-refractivity contribution in [2.45, 2.75) is 39.8 Å². The van der Waals surface area contributed by atoms with Crippen LogP contribution in [-0.2, 0) is 6.54 Å². The number of nitrogens with zero attached hydrogens (tertiary/aromatic N) is 2. The molecule has 0 aliphatic rings. The summed E-state index contributed by atoms with van der Waals surface area (Å²) < 4.78 is 1.95. The molecule has 1 unspecified atom stereocenters. The first-order chi connectivity index (χ1) is 6.65. The molecule has 78 valence electrons. The van der Waals surface area contributed by atoms with Gasteiger partial charge in [-0.15, -0.1) is 0 Å². The Morgan fingerprint density at radius 2 is 2.43 bits per heavy atom. The Labute approximate surface area is 85.1 Å². The van der Waals surface area contributed by atoms with Crippen molar-refractivity contribution in [1.29, 1.82) is 0 Å².